The van der Waals surface area contributed by atoms with Gasteiger partial charge in [0.15, 0.2) is 5.58 Å². The van der Waals surface area contributed by atoms with Gasteiger partial charge in [-0.05, 0) is 69.1 Å². The molecule has 0 radical (unpaired) electrons. The molecule has 5 heterocycles. The van der Waals surface area contributed by atoms with E-state index in [1.807, 2.05) is 42.6 Å². The van der Waals surface area contributed by atoms with E-state index in [0.29, 0.717) is 0 Å². The predicted molar refractivity (Wildman–Crippen MR) is 237 cm³/mol. The summed E-state index contributed by atoms with van der Waals surface area (Å²) in [7, 11) is 0. The molecule has 0 atom stereocenters. The zero-order chi connectivity index (χ0) is 38.7. The van der Waals surface area contributed by atoms with Crippen molar-refractivity contribution >= 4 is 76.6 Å². The third-order valence-corrected chi connectivity index (χ3v) is 11.7. The number of nitrogens with zero attached hydrogens (tertiary/aromatic N) is 5. The molecule has 0 amide bonds. The van der Waals surface area contributed by atoms with E-state index in [4.69, 9.17) is 19.4 Å². The fourth-order valence-corrected chi connectivity index (χ4v) is 8.90. The van der Waals surface area contributed by atoms with Crippen molar-refractivity contribution in [3.05, 3.63) is 169 Å². The predicted octanol–water partition coefficient (Wildman–Crippen LogP) is 13.1. The maximum Gasteiger partial charge on any atom is 2.00 e. The molecule has 284 valence electrons. The molecular weight excluding hydrogens is 906 g/mol. The Kier molecular flexibility index (Phi) is 7.88. The third kappa shape index (κ3) is 5.29. The van der Waals surface area contributed by atoms with Crippen LogP contribution in [0.2, 0.25) is 0 Å². The summed E-state index contributed by atoms with van der Waals surface area (Å²) in [6, 6.07) is 57.0. The Morgan fingerprint density at radius 3 is 2.22 bits per heavy atom. The van der Waals surface area contributed by atoms with Gasteiger partial charge in [-0.15, -0.1) is 34.8 Å². The van der Waals surface area contributed by atoms with Crippen molar-refractivity contribution < 1.29 is 25.5 Å². The molecule has 12 aromatic rings. The molecule has 0 aliphatic rings. The third-order valence-electron chi connectivity index (χ3n) is 11.7. The van der Waals surface area contributed by atoms with E-state index < -0.39 is 0 Å². The summed E-state index contributed by atoms with van der Waals surface area (Å²) in [6.07, 6.45) is 1.86. The van der Waals surface area contributed by atoms with Crippen molar-refractivity contribution in [1.29, 1.82) is 0 Å². The van der Waals surface area contributed by atoms with Crippen LogP contribution < -0.4 is 4.98 Å². The number of hydrogen-bond donors (Lipinski definition) is 0. The summed E-state index contributed by atoms with van der Waals surface area (Å²) >= 11 is 0. The Labute approximate surface area is 354 Å². The van der Waals surface area contributed by atoms with Crippen LogP contribution in [0.15, 0.2) is 162 Å². The molecule has 6 nitrogen and oxygen atoms in total. The van der Waals surface area contributed by atoms with Crippen LogP contribution in [-0.4, -0.2) is 19.1 Å². The summed E-state index contributed by atoms with van der Waals surface area (Å²) < 4.78 is 11.3. The minimum absolute atomic E-state index is 0. The van der Waals surface area contributed by atoms with E-state index in [0.717, 1.165) is 111 Å². The second-order valence-corrected chi connectivity index (χ2v) is 16.2. The number of imidazole rings is 1. The fourth-order valence-electron chi connectivity index (χ4n) is 8.90. The smallest absolute Gasteiger partial charge is 0.656 e. The molecule has 0 saturated heterocycles. The molecule has 0 spiro atoms. The summed E-state index contributed by atoms with van der Waals surface area (Å²) in [5.74, 6) is 1.64. The number of para-hydroxylation sites is 4. The first kappa shape index (κ1) is 35.4. The second kappa shape index (κ2) is 13.1. The molecule has 0 aliphatic carbocycles. The van der Waals surface area contributed by atoms with Gasteiger partial charge in [0.05, 0.1) is 5.52 Å². The van der Waals surface area contributed by atoms with Crippen molar-refractivity contribution in [2.75, 3.05) is 0 Å². The van der Waals surface area contributed by atoms with Crippen LogP contribution in [-0.2, 0) is 26.5 Å². The Morgan fingerprint density at radius 2 is 1.39 bits per heavy atom. The van der Waals surface area contributed by atoms with Gasteiger partial charge in [0.2, 0.25) is 0 Å². The number of rotatable bonds is 4. The number of fused-ring (bicyclic) bond motifs is 11. The zero-order valence-electron chi connectivity index (χ0n) is 32.5. The van der Waals surface area contributed by atoms with Crippen LogP contribution in [0.1, 0.15) is 26.3 Å². The first-order valence-corrected chi connectivity index (χ1v) is 19.7. The number of benzene rings is 7. The van der Waals surface area contributed by atoms with Crippen LogP contribution >= 0.6 is 0 Å². The number of pyridine rings is 1. The largest absolute Gasteiger partial charge is 2.00 e. The van der Waals surface area contributed by atoms with Crippen LogP contribution in [0.5, 0.6) is 0 Å². The molecule has 12 rings (SSSR count). The molecule has 0 bridgehead atoms. The van der Waals surface area contributed by atoms with Gasteiger partial charge in [-0.25, -0.2) is 9.97 Å². The number of furan rings is 1. The van der Waals surface area contributed by atoms with Crippen molar-refractivity contribution in [3.8, 4) is 34.0 Å². The monoisotopic (exact) mass is 940 g/mol. The standard InChI is InChI=1S/C52H35N5O.Pt/c1-52(2,3)32-24-26-36-35-25-23-31(28-43(35)57(44(36)29-32)46-22-11-12-27-53-46)40-30-41-37-17-8-10-21-45(37)58-50(41)49-48(40)55-51(56(49)33-14-5-4-6-15-33)39-19-13-18-38-34-16-7-9-20-42(34)54-47(38)39;/h4-27,29-30H,1-3H3;/q-2;+2. The maximum atomic E-state index is 6.83. The first-order valence-electron chi connectivity index (χ1n) is 19.7. The van der Waals surface area contributed by atoms with Crippen LogP contribution in [0.4, 0.5) is 0 Å². The zero-order valence-corrected chi connectivity index (χ0v) is 34.7. The summed E-state index contributed by atoms with van der Waals surface area (Å²) in [5.41, 5.74) is 12.4. The van der Waals surface area contributed by atoms with E-state index in [9.17, 15) is 0 Å². The summed E-state index contributed by atoms with van der Waals surface area (Å²) in [5, 5.41) is 6.58. The van der Waals surface area contributed by atoms with Crippen molar-refractivity contribution in [2.24, 2.45) is 0 Å². The molecule has 59 heavy (non-hydrogen) atoms. The van der Waals surface area contributed by atoms with Gasteiger partial charge in [-0.1, -0.05) is 135 Å². The van der Waals surface area contributed by atoms with Gasteiger partial charge in [0, 0.05) is 33.7 Å². The quantitative estimate of drug-likeness (QED) is 0.165. The van der Waals surface area contributed by atoms with Gasteiger partial charge >= 0.3 is 21.1 Å². The van der Waals surface area contributed by atoms with E-state index in [2.05, 4.69) is 151 Å². The van der Waals surface area contributed by atoms with Crippen molar-refractivity contribution in [2.45, 2.75) is 26.2 Å². The first-order chi connectivity index (χ1) is 28.4. The average Bonchev–Trinajstić information content (AvgIpc) is 4.02. The number of aromatic nitrogens is 5. The Hall–Kier alpha value is -6.75. The van der Waals surface area contributed by atoms with E-state index in [-0.39, 0.29) is 26.5 Å². The molecule has 5 aromatic heterocycles. The van der Waals surface area contributed by atoms with E-state index in [1.165, 1.54) is 5.56 Å². The molecule has 0 fully saturated rings. The minimum Gasteiger partial charge on any atom is -0.656 e. The van der Waals surface area contributed by atoms with Gasteiger partial charge in [0.1, 0.15) is 22.7 Å². The summed E-state index contributed by atoms with van der Waals surface area (Å²) in [4.78, 5) is 15.7. The van der Waals surface area contributed by atoms with E-state index in [1.54, 1.807) is 0 Å². The van der Waals surface area contributed by atoms with Crippen LogP contribution in [0.3, 0.4) is 0 Å². The van der Waals surface area contributed by atoms with Gasteiger partial charge in [0.25, 0.3) is 0 Å². The average molecular weight is 941 g/mol. The summed E-state index contributed by atoms with van der Waals surface area (Å²) in [6.45, 7) is 6.77. The normalized spacial score (nSPS) is 12.2. The van der Waals surface area contributed by atoms with Crippen LogP contribution in [0.25, 0.3) is 111 Å². The molecule has 0 aliphatic heterocycles. The Morgan fingerprint density at radius 1 is 0.627 bits per heavy atom. The molecule has 0 N–H and O–H groups in total. The molecule has 7 heteroatoms. The molecule has 7 aromatic carbocycles. The van der Waals surface area contributed by atoms with Gasteiger partial charge in [-0.3, -0.25) is 4.57 Å². The Balaban J connectivity index is 0.00000397. The van der Waals surface area contributed by atoms with Gasteiger partial charge < -0.3 is 14.0 Å². The van der Waals surface area contributed by atoms with Crippen molar-refractivity contribution in [1.82, 2.24) is 24.1 Å². The van der Waals surface area contributed by atoms with Crippen molar-refractivity contribution in [3.63, 3.8) is 0 Å². The Bertz CT molecular complexity index is 3600. The fraction of sp³-hybridized carbons (Fsp3) is 0.0769. The van der Waals surface area contributed by atoms with Crippen LogP contribution in [0, 0.1) is 6.07 Å². The molecular formula is C52H35N5OPt. The topological polar surface area (TPSA) is 62.9 Å². The molecule has 0 saturated carbocycles. The minimum atomic E-state index is -0.0208. The SMILES string of the molecule is CC(C)(C)c1ccc2c3ccc(-c4cc5c6ccccc6oc5c5c4nc(-c4cccc6c4[n-]c4ccccc46)n5-c4ccccc4)[c-]c3n(-c3ccccn3)c2c1.[Pt+2]. The van der Waals surface area contributed by atoms with E-state index >= 15 is 0 Å². The molecule has 0 unspecified atom stereocenters. The second-order valence-electron chi connectivity index (χ2n) is 16.2. The number of hydrogen-bond acceptors (Lipinski definition) is 3. The maximum absolute atomic E-state index is 6.83. The van der Waals surface area contributed by atoms with Gasteiger partial charge in [-0.2, -0.15) is 0 Å².